The van der Waals surface area contributed by atoms with Gasteiger partial charge in [0, 0.05) is 5.02 Å². The molecule has 1 heteroatoms. The van der Waals surface area contributed by atoms with E-state index in [0.29, 0.717) is 0 Å². The van der Waals surface area contributed by atoms with Gasteiger partial charge in [-0.2, -0.15) is 0 Å². The standard InChI is InChI=1S/C15H15Cl/c1-3-12-5-4-6-13(9-12)15-10-14(16)8-7-11(15)2/h4-10H,3H2,1-2H3. The SMILES string of the molecule is CCc1cccc(-c2cc(Cl)ccc2C)c1. The van der Waals surface area contributed by atoms with Crippen LogP contribution in [-0.2, 0) is 6.42 Å². The fourth-order valence-electron chi connectivity index (χ4n) is 1.86. The molecule has 0 bridgehead atoms. The average molecular weight is 231 g/mol. The van der Waals surface area contributed by atoms with Crippen LogP contribution in [0.1, 0.15) is 18.1 Å². The summed E-state index contributed by atoms with van der Waals surface area (Å²) in [6.45, 7) is 4.29. The van der Waals surface area contributed by atoms with Gasteiger partial charge in [0.1, 0.15) is 0 Å². The topological polar surface area (TPSA) is 0 Å². The summed E-state index contributed by atoms with van der Waals surface area (Å²) in [4.78, 5) is 0. The van der Waals surface area contributed by atoms with E-state index < -0.39 is 0 Å². The number of hydrogen-bond acceptors (Lipinski definition) is 0. The summed E-state index contributed by atoms with van der Waals surface area (Å²) >= 11 is 6.04. The van der Waals surface area contributed by atoms with Crippen LogP contribution in [0, 0.1) is 6.92 Å². The molecule has 0 atom stereocenters. The molecule has 0 aliphatic heterocycles. The van der Waals surface area contributed by atoms with Crippen LogP contribution in [0.5, 0.6) is 0 Å². The van der Waals surface area contributed by atoms with Crippen LogP contribution in [-0.4, -0.2) is 0 Å². The van der Waals surface area contributed by atoms with Crippen LogP contribution < -0.4 is 0 Å². The van der Waals surface area contributed by atoms with Crippen LogP contribution in [0.2, 0.25) is 5.02 Å². The molecule has 2 rings (SSSR count). The van der Waals surface area contributed by atoms with E-state index in [1.807, 2.05) is 12.1 Å². The predicted molar refractivity (Wildman–Crippen MR) is 71.0 cm³/mol. The zero-order valence-electron chi connectivity index (χ0n) is 9.63. The van der Waals surface area contributed by atoms with E-state index in [9.17, 15) is 0 Å². The molecule has 2 aromatic carbocycles. The maximum absolute atomic E-state index is 6.04. The molecule has 0 aromatic heterocycles. The number of aryl methyl sites for hydroxylation is 2. The molecule has 0 saturated heterocycles. The van der Waals surface area contributed by atoms with E-state index in [1.165, 1.54) is 22.3 Å². The summed E-state index contributed by atoms with van der Waals surface area (Å²) < 4.78 is 0. The highest BCUT2D eigenvalue weighted by atomic mass is 35.5. The lowest BCUT2D eigenvalue weighted by Gasteiger charge is -2.08. The van der Waals surface area contributed by atoms with Gasteiger partial charge in [0.25, 0.3) is 0 Å². The Morgan fingerprint density at radius 2 is 1.88 bits per heavy atom. The van der Waals surface area contributed by atoms with E-state index in [4.69, 9.17) is 11.6 Å². The van der Waals surface area contributed by atoms with Crippen molar-refractivity contribution in [3.63, 3.8) is 0 Å². The third-order valence-electron chi connectivity index (χ3n) is 2.85. The lowest BCUT2D eigenvalue weighted by molar-refractivity contribution is 1.14. The van der Waals surface area contributed by atoms with Gasteiger partial charge in [-0.1, -0.05) is 48.9 Å². The van der Waals surface area contributed by atoms with Crippen molar-refractivity contribution < 1.29 is 0 Å². The second-order valence-corrected chi connectivity index (χ2v) is 4.45. The minimum absolute atomic E-state index is 0.794. The fourth-order valence-corrected chi connectivity index (χ4v) is 2.04. The molecule has 0 amide bonds. The maximum Gasteiger partial charge on any atom is 0.0412 e. The summed E-state index contributed by atoms with van der Waals surface area (Å²) in [6.07, 6.45) is 1.06. The molecule has 0 heterocycles. The molecular weight excluding hydrogens is 216 g/mol. The van der Waals surface area contributed by atoms with Gasteiger partial charge in [0.2, 0.25) is 0 Å². The van der Waals surface area contributed by atoms with Crippen molar-refractivity contribution in [1.29, 1.82) is 0 Å². The van der Waals surface area contributed by atoms with Crippen molar-refractivity contribution in [2.75, 3.05) is 0 Å². The fraction of sp³-hybridized carbons (Fsp3) is 0.200. The Kier molecular flexibility index (Phi) is 3.31. The summed E-state index contributed by atoms with van der Waals surface area (Å²) in [5, 5.41) is 0.794. The van der Waals surface area contributed by atoms with E-state index in [2.05, 4.69) is 44.2 Å². The largest absolute Gasteiger partial charge is 0.0843 e. The van der Waals surface area contributed by atoms with Gasteiger partial charge < -0.3 is 0 Å². The molecule has 0 N–H and O–H groups in total. The first-order valence-electron chi connectivity index (χ1n) is 5.56. The van der Waals surface area contributed by atoms with Gasteiger partial charge in [-0.3, -0.25) is 0 Å². The van der Waals surface area contributed by atoms with Crippen LogP contribution >= 0.6 is 11.6 Å². The second kappa shape index (κ2) is 4.71. The van der Waals surface area contributed by atoms with E-state index in [-0.39, 0.29) is 0 Å². The third-order valence-corrected chi connectivity index (χ3v) is 3.08. The summed E-state index contributed by atoms with van der Waals surface area (Å²) in [5.74, 6) is 0. The molecule has 0 unspecified atom stereocenters. The molecule has 2 aromatic rings. The summed E-state index contributed by atoms with van der Waals surface area (Å²) in [5.41, 5.74) is 5.09. The van der Waals surface area contributed by atoms with Gasteiger partial charge in [0.15, 0.2) is 0 Å². The van der Waals surface area contributed by atoms with Gasteiger partial charge in [-0.05, 0) is 47.7 Å². The monoisotopic (exact) mass is 230 g/mol. The first-order chi connectivity index (χ1) is 7.70. The Morgan fingerprint density at radius 1 is 1.06 bits per heavy atom. The Balaban J connectivity index is 2.53. The summed E-state index contributed by atoms with van der Waals surface area (Å²) in [7, 11) is 0. The third kappa shape index (κ3) is 2.28. The number of rotatable bonds is 2. The van der Waals surface area contributed by atoms with Gasteiger partial charge in [-0.15, -0.1) is 0 Å². The van der Waals surface area contributed by atoms with Crippen molar-refractivity contribution >= 4 is 11.6 Å². The predicted octanol–water partition coefficient (Wildman–Crippen LogP) is 4.88. The first-order valence-corrected chi connectivity index (χ1v) is 5.94. The minimum atomic E-state index is 0.794. The van der Waals surface area contributed by atoms with Gasteiger partial charge >= 0.3 is 0 Å². The average Bonchev–Trinajstić information content (AvgIpc) is 2.32. The highest BCUT2D eigenvalue weighted by molar-refractivity contribution is 6.30. The number of benzene rings is 2. The molecule has 82 valence electrons. The quantitative estimate of drug-likeness (QED) is 0.690. The van der Waals surface area contributed by atoms with E-state index >= 15 is 0 Å². The van der Waals surface area contributed by atoms with Crippen LogP contribution in [0.15, 0.2) is 42.5 Å². The van der Waals surface area contributed by atoms with Crippen molar-refractivity contribution in [3.8, 4) is 11.1 Å². The van der Waals surface area contributed by atoms with Crippen molar-refractivity contribution in [3.05, 3.63) is 58.6 Å². The zero-order chi connectivity index (χ0) is 11.5. The Morgan fingerprint density at radius 3 is 2.62 bits per heavy atom. The Hall–Kier alpha value is -1.27. The molecule has 0 spiro atoms. The maximum atomic E-state index is 6.04. The van der Waals surface area contributed by atoms with Crippen LogP contribution in [0.4, 0.5) is 0 Å². The number of hydrogen-bond donors (Lipinski definition) is 0. The molecule has 16 heavy (non-hydrogen) atoms. The van der Waals surface area contributed by atoms with E-state index in [0.717, 1.165) is 11.4 Å². The molecule has 0 radical (unpaired) electrons. The molecule has 0 aliphatic carbocycles. The molecule has 0 aliphatic rings. The normalized spacial score (nSPS) is 10.4. The van der Waals surface area contributed by atoms with Crippen LogP contribution in [0.25, 0.3) is 11.1 Å². The highest BCUT2D eigenvalue weighted by Crippen LogP contribution is 2.27. The number of halogens is 1. The minimum Gasteiger partial charge on any atom is -0.0843 e. The van der Waals surface area contributed by atoms with Crippen LogP contribution in [0.3, 0.4) is 0 Å². The second-order valence-electron chi connectivity index (χ2n) is 4.01. The van der Waals surface area contributed by atoms with Crippen molar-refractivity contribution in [1.82, 2.24) is 0 Å². The Labute approximate surface area is 102 Å². The molecular formula is C15H15Cl. The van der Waals surface area contributed by atoms with Gasteiger partial charge in [0.05, 0.1) is 0 Å². The lowest BCUT2D eigenvalue weighted by Crippen LogP contribution is -1.86. The Bertz CT molecular complexity index is 501. The van der Waals surface area contributed by atoms with E-state index in [1.54, 1.807) is 0 Å². The first kappa shape index (κ1) is 11.2. The van der Waals surface area contributed by atoms with Gasteiger partial charge in [-0.25, -0.2) is 0 Å². The summed E-state index contributed by atoms with van der Waals surface area (Å²) in [6, 6.07) is 14.7. The lowest BCUT2D eigenvalue weighted by atomic mass is 9.98. The molecule has 0 saturated carbocycles. The van der Waals surface area contributed by atoms with Crippen molar-refractivity contribution in [2.24, 2.45) is 0 Å². The zero-order valence-corrected chi connectivity index (χ0v) is 10.4. The highest BCUT2D eigenvalue weighted by Gasteiger charge is 2.03. The van der Waals surface area contributed by atoms with Crippen molar-refractivity contribution in [2.45, 2.75) is 20.3 Å². The molecule has 0 nitrogen and oxygen atoms in total. The molecule has 0 fully saturated rings. The smallest absolute Gasteiger partial charge is 0.0412 e.